The molecule has 0 aliphatic heterocycles. The lowest BCUT2D eigenvalue weighted by atomic mass is 10.0. The molecule has 1 heterocycles. The fourth-order valence-corrected chi connectivity index (χ4v) is 3.41. The van der Waals surface area contributed by atoms with Crippen molar-refractivity contribution in [2.45, 2.75) is 26.9 Å². The first-order valence-corrected chi connectivity index (χ1v) is 9.32. The summed E-state index contributed by atoms with van der Waals surface area (Å²) >= 11 is 0. The number of benzene rings is 3. The molecule has 1 aromatic heterocycles. The minimum atomic E-state index is -0.0408. The third kappa shape index (κ3) is 3.43. The van der Waals surface area contributed by atoms with Gasteiger partial charge in [0.05, 0.1) is 24.1 Å². The number of carbonyl (C=O) groups is 1. The fourth-order valence-electron chi connectivity index (χ4n) is 3.41. The molecule has 0 aliphatic rings. The summed E-state index contributed by atoms with van der Waals surface area (Å²) in [4.78, 5) is 16.8. The number of para-hydroxylation sites is 2. The van der Waals surface area contributed by atoms with E-state index in [2.05, 4.69) is 58.4 Å². The van der Waals surface area contributed by atoms with E-state index in [4.69, 9.17) is 4.98 Å². The van der Waals surface area contributed by atoms with Gasteiger partial charge < -0.3 is 9.88 Å². The van der Waals surface area contributed by atoms with Gasteiger partial charge in [-0.15, -0.1) is 0 Å². The molecule has 0 radical (unpaired) electrons. The Hall–Kier alpha value is -3.14. The van der Waals surface area contributed by atoms with Gasteiger partial charge in [-0.3, -0.25) is 4.79 Å². The molecule has 136 valence electrons. The van der Waals surface area contributed by atoms with E-state index in [1.54, 1.807) is 0 Å². The Morgan fingerprint density at radius 3 is 2.59 bits per heavy atom. The maximum atomic E-state index is 12.0. The molecule has 27 heavy (non-hydrogen) atoms. The van der Waals surface area contributed by atoms with Crippen LogP contribution in [0.3, 0.4) is 0 Å². The standard InChI is InChI=1S/C23H23N3O/c1-16(2)23(27)24-14-22-25-20-12-5-6-13-21(20)26(22)15-18-10-7-9-17-8-3-4-11-19(17)18/h3-13,16H,14-15H2,1-2H3,(H,24,27). The summed E-state index contributed by atoms with van der Waals surface area (Å²) in [5.74, 6) is 0.873. The number of hydrogen-bond donors (Lipinski definition) is 1. The number of nitrogens with zero attached hydrogens (tertiary/aromatic N) is 2. The molecular formula is C23H23N3O. The lowest BCUT2D eigenvalue weighted by molar-refractivity contribution is -0.124. The van der Waals surface area contributed by atoms with Gasteiger partial charge in [-0.2, -0.15) is 0 Å². The predicted octanol–water partition coefficient (Wildman–Crippen LogP) is 4.51. The van der Waals surface area contributed by atoms with E-state index in [1.807, 2.05) is 32.0 Å². The van der Waals surface area contributed by atoms with Crippen molar-refractivity contribution < 1.29 is 4.79 Å². The summed E-state index contributed by atoms with van der Waals surface area (Å²) in [6, 6.07) is 22.9. The zero-order valence-electron chi connectivity index (χ0n) is 15.6. The van der Waals surface area contributed by atoms with Crippen molar-refractivity contribution in [3.63, 3.8) is 0 Å². The van der Waals surface area contributed by atoms with Crippen molar-refractivity contribution in [1.29, 1.82) is 0 Å². The first-order chi connectivity index (χ1) is 13.1. The Balaban J connectivity index is 1.75. The maximum Gasteiger partial charge on any atom is 0.222 e. The van der Waals surface area contributed by atoms with Gasteiger partial charge >= 0.3 is 0 Å². The minimum absolute atomic E-state index is 0.0405. The lowest BCUT2D eigenvalue weighted by Crippen LogP contribution is -2.28. The van der Waals surface area contributed by atoms with Crippen molar-refractivity contribution in [2.75, 3.05) is 0 Å². The number of carbonyl (C=O) groups excluding carboxylic acids is 1. The molecule has 4 aromatic rings. The number of aromatic nitrogens is 2. The van der Waals surface area contributed by atoms with E-state index in [9.17, 15) is 4.79 Å². The van der Waals surface area contributed by atoms with Crippen LogP contribution in [0.25, 0.3) is 21.8 Å². The smallest absolute Gasteiger partial charge is 0.222 e. The van der Waals surface area contributed by atoms with E-state index in [0.717, 1.165) is 23.4 Å². The van der Waals surface area contributed by atoms with Crippen molar-refractivity contribution in [1.82, 2.24) is 14.9 Å². The summed E-state index contributed by atoms with van der Waals surface area (Å²) in [6.45, 7) is 4.94. The molecule has 0 saturated heterocycles. The molecule has 1 amide bonds. The molecule has 0 saturated carbocycles. The molecular weight excluding hydrogens is 334 g/mol. The fraction of sp³-hybridized carbons (Fsp3) is 0.217. The molecule has 0 unspecified atom stereocenters. The topological polar surface area (TPSA) is 46.9 Å². The molecule has 4 nitrogen and oxygen atoms in total. The van der Waals surface area contributed by atoms with Crippen LogP contribution in [0, 0.1) is 5.92 Å². The Kier molecular flexibility index (Phi) is 4.63. The number of fused-ring (bicyclic) bond motifs is 2. The third-order valence-corrected chi connectivity index (χ3v) is 4.89. The first-order valence-electron chi connectivity index (χ1n) is 9.32. The Morgan fingerprint density at radius 1 is 1.00 bits per heavy atom. The first kappa shape index (κ1) is 17.3. The second kappa shape index (κ2) is 7.23. The SMILES string of the molecule is CC(C)C(=O)NCc1nc2ccccc2n1Cc1cccc2ccccc12. The highest BCUT2D eigenvalue weighted by Crippen LogP contribution is 2.23. The largest absolute Gasteiger partial charge is 0.349 e. The molecule has 4 heteroatoms. The zero-order chi connectivity index (χ0) is 18.8. The highest BCUT2D eigenvalue weighted by Gasteiger charge is 2.14. The predicted molar refractivity (Wildman–Crippen MR) is 109 cm³/mol. The van der Waals surface area contributed by atoms with Crippen LogP contribution in [-0.2, 0) is 17.9 Å². The Morgan fingerprint density at radius 2 is 1.74 bits per heavy atom. The Labute approximate surface area is 158 Å². The summed E-state index contributed by atoms with van der Waals surface area (Å²) < 4.78 is 2.21. The van der Waals surface area contributed by atoms with E-state index in [1.165, 1.54) is 16.3 Å². The number of imidazole rings is 1. The monoisotopic (exact) mass is 357 g/mol. The van der Waals surface area contributed by atoms with Crippen LogP contribution >= 0.6 is 0 Å². The van der Waals surface area contributed by atoms with Crippen molar-refractivity contribution in [2.24, 2.45) is 5.92 Å². The molecule has 4 rings (SSSR count). The number of hydrogen-bond acceptors (Lipinski definition) is 2. The second-order valence-corrected chi connectivity index (χ2v) is 7.11. The zero-order valence-corrected chi connectivity index (χ0v) is 15.6. The summed E-state index contributed by atoms with van der Waals surface area (Å²) in [5, 5.41) is 5.48. The van der Waals surface area contributed by atoms with Gasteiger partial charge in [0.1, 0.15) is 5.82 Å². The number of rotatable bonds is 5. The molecule has 3 aromatic carbocycles. The van der Waals surface area contributed by atoms with E-state index >= 15 is 0 Å². The van der Waals surface area contributed by atoms with Crippen LogP contribution in [0.5, 0.6) is 0 Å². The highest BCUT2D eigenvalue weighted by molar-refractivity contribution is 5.86. The normalized spacial score (nSPS) is 11.4. The van der Waals surface area contributed by atoms with Gasteiger partial charge in [0.2, 0.25) is 5.91 Å². The number of amides is 1. The van der Waals surface area contributed by atoms with Crippen LogP contribution in [0.2, 0.25) is 0 Å². The van der Waals surface area contributed by atoms with Gasteiger partial charge in [-0.25, -0.2) is 4.98 Å². The molecule has 1 N–H and O–H groups in total. The molecule has 0 aliphatic carbocycles. The second-order valence-electron chi connectivity index (χ2n) is 7.11. The van der Waals surface area contributed by atoms with Crippen molar-refractivity contribution in [3.05, 3.63) is 78.1 Å². The van der Waals surface area contributed by atoms with Gasteiger partial charge in [0.15, 0.2) is 0 Å². The van der Waals surface area contributed by atoms with E-state index in [0.29, 0.717) is 6.54 Å². The van der Waals surface area contributed by atoms with Crippen molar-refractivity contribution in [3.8, 4) is 0 Å². The molecule has 0 bridgehead atoms. The van der Waals surface area contributed by atoms with Gasteiger partial charge in [-0.05, 0) is 28.5 Å². The Bertz CT molecular complexity index is 1110. The molecule has 0 atom stereocenters. The lowest BCUT2D eigenvalue weighted by Gasteiger charge is -2.13. The molecule has 0 spiro atoms. The number of nitrogens with one attached hydrogen (secondary N) is 1. The van der Waals surface area contributed by atoms with Crippen LogP contribution in [0.4, 0.5) is 0 Å². The van der Waals surface area contributed by atoms with Gasteiger partial charge in [-0.1, -0.05) is 68.4 Å². The summed E-state index contributed by atoms with van der Waals surface area (Å²) in [5.41, 5.74) is 3.28. The minimum Gasteiger partial charge on any atom is -0.349 e. The van der Waals surface area contributed by atoms with E-state index < -0.39 is 0 Å². The van der Waals surface area contributed by atoms with E-state index in [-0.39, 0.29) is 11.8 Å². The third-order valence-electron chi connectivity index (χ3n) is 4.89. The quantitative estimate of drug-likeness (QED) is 0.571. The summed E-state index contributed by atoms with van der Waals surface area (Å²) in [7, 11) is 0. The van der Waals surface area contributed by atoms with Crippen LogP contribution in [0.1, 0.15) is 25.2 Å². The highest BCUT2D eigenvalue weighted by atomic mass is 16.1. The van der Waals surface area contributed by atoms with Gasteiger partial charge in [0, 0.05) is 5.92 Å². The summed E-state index contributed by atoms with van der Waals surface area (Å²) in [6.07, 6.45) is 0. The van der Waals surface area contributed by atoms with Crippen molar-refractivity contribution >= 4 is 27.7 Å². The average Bonchev–Trinajstić information content (AvgIpc) is 3.04. The maximum absolute atomic E-state index is 12.0. The average molecular weight is 357 g/mol. The van der Waals surface area contributed by atoms with Crippen LogP contribution in [0.15, 0.2) is 66.7 Å². The van der Waals surface area contributed by atoms with Crippen LogP contribution in [-0.4, -0.2) is 15.5 Å². The molecule has 0 fully saturated rings. The van der Waals surface area contributed by atoms with Crippen LogP contribution < -0.4 is 5.32 Å². The van der Waals surface area contributed by atoms with Gasteiger partial charge in [0.25, 0.3) is 0 Å².